The minimum Gasteiger partial charge on any atom is -0.370 e. The van der Waals surface area contributed by atoms with Crippen LogP contribution in [0.3, 0.4) is 0 Å². The highest BCUT2D eigenvalue weighted by Gasteiger charge is 2.18. The number of nitrogens with zero attached hydrogens (tertiary/aromatic N) is 2. The standard InChI is InChI=1S/C14H32N4.HI/c1-6-7-8-9-10-16-13(15)17-11-14(2,3)12-18(4)5;/h6-12H2,1-5H3,(H3,15,16,17);1H. The molecule has 0 radical (unpaired) electrons. The van der Waals surface area contributed by atoms with Crippen molar-refractivity contribution in [2.75, 3.05) is 33.7 Å². The highest BCUT2D eigenvalue weighted by molar-refractivity contribution is 14.0. The van der Waals surface area contributed by atoms with Crippen molar-refractivity contribution in [1.82, 2.24) is 10.2 Å². The van der Waals surface area contributed by atoms with E-state index in [9.17, 15) is 0 Å². The van der Waals surface area contributed by atoms with Crippen molar-refractivity contribution in [2.24, 2.45) is 16.1 Å². The van der Waals surface area contributed by atoms with Gasteiger partial charge in [-0.2, -0.15) is 0 Å². The Balaban J connectivity index is 0. The van der Waals surface area contributed by atoms with E-state index in [0.717, 1.165) is 19.6 Å². The van der Waals surface area contributed by atoms with Crippen LogP contribution in [0.4, 0.5) is 0 Å². The van der Waals surface area contributed by atoms with Gasteiger partial charge in [0.2, 0.25) is 0 Å². The molecular formula is C14H33IN4. The quantitative estimate of drug-likeness (QED) is 0.278. The Morgan fingerprint density at radius 3 is 2.37 bits per heavy atom. The number of unbranched alkanes of at least 4 members (excludes halogenated alkanes) is 3. The first-order valence-corrected chi connectivity index (χ1v) is 7.06. The van der Waals surface area contributed by atoms with Crippen LogP contribution in [0.15, 0.2) is 4.99 Å². The van der Waals surface area contributed by atoms with Gasteiger partial charge >= 0.3 is 0 Å². The molecule has 0 aromatic carbocycles. The van der Waals surface area contributed by atoms with Gasteiger partial charge in [-0.1, -0.05) is 40.0 Å². The van der Waals surface area contributed by atoms with E-state index in [0.29, 0.717) is 5.96 Å². The molecule has 0 saturated carbocycles. The topological polar surface area (TPSA) is 53.6 Å². The van der Waals surface area contributed by atoms with Crippen molar-refractivity contribution in [3.8, 4) is 0 Å². The molecule has 0 fully saturated rings. The summed E-state index contributed by atoms with van der Waals surface area (Å²) in [6, 6.07) is 0. The molecule has 0 unspecified atom stereocenters. The number of guanidine groups is 1. The Morgan fingerprint density at radius 2 is 1.84 bits per heavy atom. The highest BCUT2D eigenvalue weighted by atomic mass is 127. The summed E-state index contributed by atoms with van der Waals surface area (Å²) in [6.45, 7) is 9.36. The summed E-state index contributed by atoms with van der Waals surface area (Å²) in [6.07, 6.45) is 5.00. The SMILES string of the molecule is CCCCCCNC(N)=NCC(C)(C)CN(C)C.I. The van der Waals surface area contributed by atoms with Crippen LogP contribution in [0.5, 0.6) is 0 Å². The van der Waals surface area contributed by atoms with Crippen LogP contribution in [-0.4, -0.2) is 44.6 Å². The van der Waals surface area contributed by atoms with E-state index in [1.54, 1.807) is 0 Å². The predicted molar refractivity (Wildman–Crippen MR) is 96.4 cm³/mol. The van der Waals surface area contributed by atoms with E-state index in [-0.39, 0.29) is 29.4 Å². The maximum Gasteiger partial charge on any atom is 0.188 e. The molecule has 0 amide bonds. The second kappa shape index (κ2) is 11.8. The summed E-state index contributed by atoms with van der Waals surface area (Å²) in [5, 5.41) is 3.18. The molecule has 0 bridgehead atoms. The van der Waals surface area contributed by atoms with Gasteiger partial charge in [0.25, 0.3) is 0 Å². The Morgan fingerprint density at radius 1 is 1.21 bits per heavy atom. The van der Waals surface area contributed by atoms with Crippen LogP contribution in [0.2, 0.25) is 0 Å². The molecular weight excluding hydrogens is 351 g/mol. The predicted octanol–water partition coefficient (Wildman–Crippen LogP) is 2.68. The maximum atomic E-state index is 5.85. The van der Waals surface area contributed by atoms with E-state index < -0.39 is 0 Å². The lowest BCUT2D eigenvalue weighted by atomic mass is 9.93. The average Bonchev–Trinajstić information content (AvgIpc) is 2.24. The fraction of sp³-hybridized carbons (Fsp3) is 0.929. The average molecular weight is 384 g/mol. The first-order valence-electron chi connectivity index (χ1n) is 7.06. The molecule has 0 atom stereocenters. The van der Waals surface area contributed by atoms with Gasteiger partial charge in [0.05, 0.1) is 0 Å². The molecule has 0 aromatic rings. The molecule has 0 aliphatic rings. The third kappa shape index (κ3) is 14.2. The zero-order valence-corrected chi connectivity index (χ0v) is 15.7. The molecule has 19 heavy (non-hydrogen) atoms. The second-order valence-electron chi connectivity index (χ2n) is 6.09. The Bertz CT molecular complexity index is 240. The van der Waals surface area contributed by atoms with Gasteiger partial charge in [-0.05, 0) is 25.9 Å². The molecule has 0 saturated heterocycles. The van der Waals surface area contributed by atoms with Crippen molar-refractivity contribution in [3.05, 3.63) is 0 Å². The van der Waals surface area contributed by atoms with Crippen molar-refractivity contribution < 1.29 is 0 Å². The number of aliphatic imine (C=N–C) groups is 1. The Kier molecular flexibility index (Phi) is 13.2. The zero-order valence-electron chi connectivity index (χ0n) is 13.3. The summed E-state index contributed by atoms with van der Waals surface area (Å²) in [4.78, 5) is 6.61. The lowest BCUT2D eigenvalue weighted by Gasteiger charge is -2.26. The van der Waals surface area contributed by atoms with Crippen LogP contribution < -0.4 is 11.1 Å². The fourth-order valence-corrected chi connectivity index (χ4v) is 2.03. The minimum atomic E-state index is 0. The van der Waals surface area contributed by atoms with E-state index in [1.165, 1.54) is 25.7 Å². The van der Waals surface area contributed by atoms with E-state index in [4.69, 9.17) is 5.73 Å². The third-order valence-corrected chi connectivity index (χ3v) is 2.76. The summed E-state index contributed by atoms with van der Waals surface area (Å²) in [5.74, 6) is 0.582. The molecule has 0 aliphatic heterocycles. The lowest BCUT2D eigenvalue weighted by Crippen LogP contribution is -2.36. The first kappa shape index (κ1) is 21.3. The second-order valence-corrected chi connectivity index (χ2v) is 6.09. The summed E-state index contributed by atoms with van der Waals surface area (Å²) in [5.41, 5.74) is 6.02. The molecule has 0 aromatic heterocycles. The minimum absolute atomic E-state index is 0. The number of rotatable bonds is 9. The van der Waals surface area contributed by atoms with Crippen LogP contribution >= 0.6 is 24.0 Å². The van der Waals surface area contributed by atoms with Gasteiger partial charge < -0.3 is 16.0 Å². The van der Waals surface area contributed by atoms with E-state index >= 15 is 0 Å². The molecule has 4 nitrogen and oxygen atoms in total. The largest absolute Gasteiger partial charge is 0.370 e. The summed E-state index contributed by atoms with van der Waals surface area (Å²) >= 11 is 0. The van der Waals surface area contributed by atoms with Crippen LogP contribution in [0, 0.1) is 5.41 Å². The first-order chi connectivity index (χ1) is 8.37. The number of nitrogens with two attached hydrogens (primary N) is 1. The van der Waals surface area contributed by atoms with Crippen LogP contribution in [-0.2, 0) is 0 Å². The molecule has 0 rings (SSSR count). The van der Waals surface area contributed by atoms with E-state index in [2.05, 4.69) is 50.1 Å². The summed E-state index contributed by atoms with van der Waals surface area (Å²) in [7, 11) is 4.17. The van der Waals surface area contributed by atoms with Gasteiger partial charge in [0.1, 0.15) is 0 Å². The van der Waals surface area contributed by atoms with Crippen molar-refractivity contribution in [1.29, 1.82) is 0 Å². The highest BCUT2D eigenvalue weighted by Crippen LogP contribution is 2.15. The third-order valence-electron chi connectivity index (χ3n) is 2.76. The number of hydrogen-bond acceptors (Lipinski definition) is 2. The van der Waals surface area contributed by atoms with Gasteiger partial charge in [-0.25, -0.2) is 0 Å². The smallest absolute Gasteiger partial charge is 0.188 e. The van der Waals surface area contributed by atoms with Crippen molar-refractivity contribution >= 4 is 29.9 Å². The van der Waals surface area contributed by atoms with Gasteiger partial charge in [0.15, 0.2) is 5.96 Å². The van der Waals surface area contributed by atoms with Crippen LogP contribution in [0.25, 0.3) is 0 Å². The lowest BCUT2D eigenvalue weighted by molar-refractivity contribution is 0.249. The zero-order chi connectivity index (χ0) is 14.0. The molecule has 0 spiro atoms. The monoisotopic (exact) mass is 384 g/mol. The van der Waals surface area contributed by atoms with Crippen molar-refractivity contribution in [3.63, 3.8) is 0 Å². The maximum absolute atomic E-state index is 5.85. The molecule has 0 aliphatic carbocycles. The molecule has 5 heteroatoms. The van der Waals surface area contributed by atoms with Crippen LogP contribution in [0.1, 0.15) is 46.5 Å². The molecule has 116 valence electrons. The number of halogens is 1. The van der Waals surface area contributed by atoms with Gasteiger partial charge in [-0.15, -0.1) is 24.0 Å². The normalized spacial score (nSPS) is 12.4. The Labute approximate surface area is 136 Å². The number of hydrogen-bond donors (Lipinski definition) is 2. The van der Waals surface area contributed by atoms with E-state index in [1.807, 2.05) is 0 Å². The summed E-state index contributed by atoms with van der Waals surface area (Å²) < 4.78 is 0. The molecule has 0 heterocycles. The van der Waals surface area contributed by atoms with Gasteiger partial charge in [0, 0.05) is 19.6 Å². The fourth-order valence-electron chi connectivity index (χ4n) is 2.03. The molecule has 3 N–H and O–H groups in total. The van der Waals surface area contributed by atoms with Gasteiger partial charge in [-0.3, -0.25) is 4.99 Å². The van der Waals surface area contributed by atoms with Crippen molar-refractivity contribution in [2.45, 2.75) is 46.5 Å². The number of nitrogens with one attached hydrogen (secondary N) is 1. The Hall–Kier alpha value is -0.0400.